The van der Waals surface area contributed by atoms with Gasteiger partial charge in [0.2, 0.25) is 5.91 Å². The molecule has 0 radical (unpaired) electrons. The summed E-state index contributed by atoms with van der Waals surface area (Å²) >= 11 is 5.86. The Hall–Kier alpha value is -1.26. The first kappa shape index (κ1) is 15.8. The third kappa shape index (κ3) is 4.73. The average Bonchev–Trinajstić information content (AvgIpc) is 2.37. The summed E-state index contributed by atoms with van der Waals surface area (Å²) in [5.74, 6) is 0.742. The number of ether oxygens (including phenoxy) is 1. The number of amides is 1. The Labute approximate surface area is 119 Å². The number of halogens is 1. The van der Waals surface area contributed by atoms with E-state index in [9.17, 15) is 4.79 Å². The molecule has 1 rings (SSSR count). The van der Waals surface area contributed by atoms with Gasteiger partial charge in [0, 0.05) is 12.1 Å². The number of carbonyl (C=O) groups excluding carboxylic acids is 1. The first-order valence-electron chi connectivity index (χ1n) is 6.19. The summed E-state index contributed by atoms with van der Waals surface area (Å²) < 4.78 is 5.56. The average molecular weight is 285 g/mol. The summed E-state index contributed by atoms with van der Waals surface area (Å²) in [5.41, 5.74) is -0.565. The van der Waals surface area contributed by atoms with Crippen LogP contribution in [0.25, 0.3) is 0 Å². The number of carbonyl (C=O) groups is 1. The minimum atomic E-state index is -0.565. The number of rotatable bonds is 6. The third-order valence-electron chi connectivity index (χ3n) is 3.00. The van der Waals surface area contributed by atoms with Gasteiger partial charge in [-0.15, -0.1) is 0 Å². The SMILES string of the molecule is CNC(C)(C)C(=O)N(C)CCOc1cccc(Cl)c1. The second-order valence-corrected chi connectivity index (χ2v) is 5.34. The Balaban J connectivity index is 2.43. The van der Waals surface area contributed by atoms with Crippen LogP contribution < -0.4 is 10.1 Å². The van der Waals surface area contributed by atoms with Gasteiger partial charge in [-0.1, -0.05) is 17.7 Å². The van der Waals surface area contributed by atoms with Gasteiger partial charge < -0.3 is 15.0 Å². The van der Waals surface area contributed by atoms with E-state index in [1.807, 2.05) is 26.0 Å². The van der Waals surface area contributed by atoms with Gasteiger partial charge in [0.05, 0.1) is 12.1 Å². The number of nitrogens with zero attached hydrogens (tertiary/aromatic N) is 1. The first-order valence-corrected chi connectivity index (χ1v) is 6.57. The molecule has 0 heterocycles. The van der Waals surface area contributed by atoms with Gasteiger partial charge in [0.15, 0.2) is 0 Å². The Morgan fingerprint density at radius 1 is 1.47 bits per heavy atom. The maximum absolute atomic E-state index is 12.1. The predicted octanol–water partition coefficient (Wildman–Crippen LogP) is 2.18. The Kier molecular flexibility index (Phi) is 5.63. The van der Waals surface area contributed by atoms with Crippen LogP contribution in [0.5, 0.6) is 5.75 Å². The molecular weight excluding hydrogens is 264 g/mol. The van der Waals surface area contributed by atoms with E-state index < -0.39 is 5.54 Å². The highest BCUT2D eigenvalue weighted by Crippen LogP contribution is 2.17. The van der Waals surface area contributed by atoms with E-state index in [0.29, 0.717) is 23.9 Å². The Bertz CT molecular complexity index is 435. The lowest BCUT2D eigenvalue weighted by Crippen LogP contribution is -2.52. The fourth-order valence-electron chi connectivity index (χ4n) is 1.54. The minimum Gasteiger partial charge on any atom is -0.492 e. The topological polar surface area (TPSA) is 41.6 Å². The summed E-state index contributed by atoms with van der Waals surface area (Å²) in [6, 6.07) is 7.21. The maximum Gasteiger partial charge on any atom is 0.242 e. The van der Waals surface area contributed by atoms with Gasteiger partial charge in [0.25, 0.3) is 0 Å². The van der Waals surface area contributed by atoms with E-state index in [1.165, 1.54) is 0 Å². The molecule has 1 aromatic carbocycles. The molecule has 1 amide bonds. The predicted molar refractivity (Wildman–Crippen MR) is 77.7 cm³/mol. The van der Waals surface area contributed by atoms with E-state index in [0.717, 1.165) is 0 Å². The third-order valence-corrected chi connectivity index (χ3v) is 3.23. The molecular formula is C14H21ClN2O2. The molecule has 1 N–H and O–H groups in total. The summed E-state index contributed by atoms with van der Waals surface area (Å²) in [7, 11) is 3.54. The molecule has 19 heavy (non-hydrogen) atoms. The molecule has 0 saturated heterocycles. The van der Waals surface area contributed by atoms with Crippen LogP contribution in [0.2, 0.25) is 5.02 Å². The first-order chi connectivity index (χ1) is 8.86. The largest absolute Gasteiger partial charge is 0.492 e. The number of benzene rings is 1. The lowest BCUT2D eigenvalue weighted by molar-refractivity contribution is -0.135. The highest BCUT2D eigenvalue weighted by Gasteiger charge is 2.28. The van der Waals surface area contributed by atoms with Crippen LogP contribution in [0, 0.1) is 0 Å². The fraction of sp³-hybridized carbons (Fsp3) is 0.500. The molecule has 0 aromatic heterocycles. The van der Waals surface area contributed by atoms with E-state index in [2.05, 4.69) is 5.32 Å². The van der Waals surface area contributed by atoms with Crippen molar-refractivity contribution in [3.63, 3.8) is 0 Å². The zero-order valence-electron chi connectivity index (χ0n) is 11.9. The van der Waals surface area contributed by atoms with Crippen molar-refractivity contribution in [2.24, 2.45) is 0 Å². The van der Waals surface area contributed by atoms with Crippen LogP contribution in [0.4, 0.5) is 0 Å². The van der Waals surface area contributed by atoms with E-state index >= 15 is 0 Å². The molecule has 4 nitrogen and oxygen atoms in total. The summed E-state index contributed by atoms with van der Waals surface area (Å²) in [6.07, 6.45) is 0. The van der Waals surface area contributed by atoms with Crippen molar-refractivity contribution in [2.75, 3.05) is 27.2 Å². The smallest absolute Gasteiger partial charge is 0.242 e. The van der Waals surface area contributed by atoms with Crippen LogP contribution in [0.3, 0.4) is 0 Å². The molecule has 5 heteroatoms. The van der Waals surface area contributed by atoms with Crippen LogP contribution in [0.1, 0.15) is 13.8 Å². The summed E-state index contributed by atoms with van der Waals surface area (Å²) in [6.45, 7) is 4.66. The van der Waals surface area contributed by atoms with Crippen LogP contribution in [-0.4, -0.2) is 43.6 Å². The van der Waals surface area contributed by atoms with Gasteiger partial charge >= 0.3 is 0 Å². The molecule has 0 fully saturated rings. The molecule has 0 aliphatic carbocycles. The van der Waals surface area contributed by atoms with Crippen molar-refractivity contribution in [3.05, 3.63) is 29.3 Å². The zero-order chi connectivity index (χ0) is 14.5. The molecule has 106 valence electrons. The van der Waals surface area contributed by atoms with Gasteiger partial charge in [-0.05, 0) is 39.1 Å². The molecule has 0 bridgehead atoms. The lowest BCUT2D eigenvalue weighted by atomic mass is 10.0. The van der Waals surface area contributed by atoms with E-state index in [1.54, 1.807) is 31.1 Å². The van der Waals surface area contributed by atoms with Crippen LogP contribution in [-0.2, 0) is 4.79 Å². The Morgan fingerprint density at radius 3 is 2.74 bits per heavy atom. The molecule has 0 aliphatic heterocycles. The van der Waals surface area contributed by atoms with Crippen LogP contribution in [0.15, 0.2) is 24.3 Å². The second-order valence-electron chi connectivity index (χ2n) is 4.91. The monoisotopic (exact) mass is 284 g/mol. The van der Waals surface area contributed by atoms with E-state index in [4.69, 9.17) is 16.3 Å². The summed E-state index contributed by atoms with van der Waals surface area (Å²) in [5, 5.41) is 3.63. The van der Waals surface area contributed by atoms with Crippen molar-refractivity contribution in [1.82, 2.24) is 10.2 Å². The van der Waals surface area contributed by atoms with Crippen molar-refractivity contribution >= 4 is 17.5 Å². The molecule has 0 aliphatic rings. The molecule has 0 spiro atoms. The van der Waals surface area contributed by atoms with E-state index in [-0.39, 0.29) is 5.91 Å². The zero-order valence-corrected chi connectivity index (χ0v) is 12.6. The van der Waals surface area contributed by atoms with Gasteiger partial charge in [-0.25, -0.2) is 0 Å². The van der Waals surface area contributed by atoms with Gasteiger partial charge in [-0.2, -0.15) is 0 Å². The highest BCUT2D eigenvalue weighted by atomic mass is 35.5. The normalized spacial score (nSPS) is 11.2. The molecule has 0 saturated carbocycles. The summed E-state index contributed by atoms with van der Waals surface area (Å²) in [4.78, 5) is 13.7. The van der Waals surface area contributed by atoms with Crippen molar-refractivity contribution in [3.8, 4) is 5.75 Å². The van der Waals surface area contributed by atoms with Gasteiger partial charge in [-0.3, -0.25) is 4.79 Å². The fourth-order valence-corrected chi connectivity index (χ4v) is 1.72. The van der Waals surface area contributed by atoms with Crippen molar-refractivity contribution < 1.29 is 9.53 Å². The van der Waals surface area contributed by atoms with Gasteiger partial charge in [0.1, 0.15) is 12.4 Å². The standard InChI is InChI=1S/C14H21ClN2O2/c1-14(2,16-3)13(18)17(4)8-9-19-12-7-5-6-11(15)10-12/h5-7,10,16H,8-9H2,1-4H3. The quantitative estimate of drug-likeness (QED) is 0.870. The minimum absolute atomic E-state index is 0.0321. The maximum atomic E-state index is 12.1. The van der Waals surface area contributed by atoms with Crippen molar-refractivity contribution in [2.45, 2.75) is 19.4 Å². The number of likely N-dealkylation sites (N-methyl/N-ethyl adjacent to an activating group) is 2. The number of nitrogens with one attached hydrogen (secondary N) is 1. The lowest BCUT2D eigenvalue weighted by Gasteiger charge is -2.28. The molecule has 0 unspecified atom stereocenters. The molecule has 1 aromatic rings. The van der Waals surface area contributed by atoms with Crippen LogP contribution >= 0.6 is 11.6 Å². The molecule has 0 atom stereocenters. The number of hydrogen-bond acceptors (Lipinski definition) is 3. The second kappa shape index (κ2) is 6.78. The highest BCUT2D eigenvalue weighted by molar-refractivity contribution is 6.30. The Morgan fingerprint density at radius 2 is 2.16 bits per heavy atom. The number of hydrogen-bond donors (Lipinski definition) is 1. The van der Waals surface area contributed by atoms with Crippen molar-refractivity contribution in [1.29, 1.82) is 0 Å².